The predicted molar refractivity (Wildman–Crippen MR) is 63.7 cm³/mol. The molecule has 0 saturated carbocycles. The van der Waals surface area contributed by atoms with Gasteiger partial charge in [-0.2, -0.15) is 4.98 Å². The maximum absolute atomic E-state index is 5.85. The lowest BCUT2D eigenvalue weighted by Gasteiger charge is -2.33. The Morgan fingerprint density at radius 1 is 1.62 bits per heavy atom. The molecule has 2 N–H and O–H groups in total. The van der Waals surface area contributed by atoms with Gasteiger partial charge in [0.15, 0.2) is 0 Å². The Bertz CT molecular complexity index is 354. The van der Waals surface area contributed by atoms with Crippen LogP contribution in [0.25, 0.3) is 0 Å². The molecule has 1 aromatic heterocycles. The highest BCUT2D eigenvalue weighted by Crippen LogP contribution is 2.20. The fourth-order valence-electron chi connectivity index (χ4n) is 1.76. The van der Waals surface area contributed by atoms with Gasteiger partial charge in [0.1, 0.15) is 11.0 Å². The second-order valence-electron chi connectivity index (χ2n) is 3.75. The first-order valence-electron chi connectivity index (χ1n) is 5.35. The molecule has 88 valence electrons. The van der Waals surface area contributed by atoms with E-state index in [0.717, 1.165) is 25.3 Å². The zero-order valence-electron chi connectivity index (χ0n) is 9.19. The van der Waals surface area contributed by atoms with Crippen LogP contribution in [0.4, 0.5) is 11.8 Å². The van der Waals surface area contributed by atoms with Crippen molar-refractivity contribution in [1.29, 1.82) is 0 Å². The summed E-state index contributed by atoms with van der Waals surface area (Å²) in [7, 11) is 0. The van der Waals surface area contributed by atoms with Crippen LogP contribution in [0.15, 0.2) is 6.07 Å². The van der Waals surface area contributed by atoms with Crippen LogP contribution in [0.3, 0.4) is 0 Å². The van der Waals surface area contributed by atoms with E-state index in [9.17, 15) is 0 Å². The predicted octanol–water partition coefficient (Wildman–Crippen LogP) is 1.33. The topological polar surface area (TPSA) is 64.3 Å². The normalized spacial score (nSPS) is 21.1. The summed E-state index contributed by atoms with van der Waals surface area (Å²) in [6, 6.07) is 1.73. The van der Waals surface area contributed by atoms with Gasteiger partial charge >= 0.3 is 0 Å². The Balaban J connectivity index is 2.16. The standard InChI is InChI=1S/C10H15ClN4O/c1-2-7-6-15(3-4-16-7)9-5-8(11)13-10(12)14-9/h5,7H,2-4,6H2,1H3,(H2,12,13,14)/t7-/m0/s1. The third-order valence-electron chi connectivity index (χ3n) is 2.62. The van der Waals surface area contributed by atoms with Gasteiger partial charge in [-0.3, -0.25) is 0 Å². The van der Waals surface area contributed by atoms with Crippen molar-refractivity contribution >= 4 is 23.4 Å². The molecule has 0 radical (unpaired) electrons. The molecule has 1 atom stereocenters. The SMILES string of the molecule is CC[C@H]1CN(c2cc(Cl)nc(N)n2)CCO1. The molecule has 1 fully saturated rings. The van der Waals surface area contributed by atoms with Gasteiger partial charge in [-0.25, -0.2) is 4.98 Å². The van der Waals surface area contributed by atoms with Crippen LogP contribution < -0.4 is 10.6 Å². The molecular formula is C10H15ClN4O. The molecule has 2 rings (SSSR count). The summed E-state index contributed by atoms with van der Waals surface area (Å²) in [5.74, 6) is 0.987. The van der Waals surface area contributed by atoms with Gasteiger partial charge in [0.05, 0.1) is 12.7 Å². The van der Waals surface area contributed by atoms with Crippen molar-refractivity contribution in [3.63, 3.8) is 0 Å². The molecule has 1 aliphatic heterocycles. The van der Waals surface area contributed by atoms with Gasteiger partial charge in [0, 0.05) is 19.2 Å². The van der Waals surface area contributed by atoms with Gasteiger partial charge in [0.2, 0.25) is 5.95 Å². The molecule has 1 aliphatic rings. The molecular weight excluding hydrogens is 228 g/mol. The first-order valence-corrected chi connectivity index (χ1v) is 5.73. The number of nitrogen functional groups attached to an aromatic ring is 1. The number of anilines is 2. The Hall–Kier alpha value is -1.07. The maximum atomic E-state index is 5.85. The third-order valence-corrected chi connectivity index (χ3v) is 2.81. The maximum Gasteiger partial charge on any atom is 0.223 e. The quantitative estimate of drug-likeness (QED) is 0.793. The van der Waals surface area contributed by atoms with Crippen molar-refractivity contribution in [2.45, 2.75) is 19.4 Å². The van der Waals surface area contributed by atoms with E-state index in [1.54, 1.807) is 6.07 Å². The Morgan fingerprint density at radius 3 is 3.12 bits per heavy atom. The second kappa shape index (κ2) is 4.84. The molecule has 0 amide bonds. The van der Waals surface area contributed by atoms with Crippen LogP contribution in [-0.4, -0.2) is 35.8 Å². The second-order valence-corrected chi connectivity index (χ2v) is 4.14. The average molecular weight is 243 g/mol. The minimum Gasteiger partial charge on any atom is -0.375 e. The highest BCUT2D eigenvalue weighted by Gasteiger charge is 2.20. The summed E-state index contributed by atoms with van der Waals surface area (Å²) >= 11 is 5.85. The number of aromatic nitrogens is 2. The number of nitrogens with two attached hydrogens (primary N) is 1. The monoisotopic (exact) mass is 242 g/mol. The van der Waals surface area contributed by atoms with Crippen molar-refractivity contribution in [3.05, 3.63) is 11.2 Å². The lowest BCUT2D eigenvalue weighted by Crippen LogP contribution is -2.42. The van der Waals surface area contributed by atoms with Crippen LogP contribution in [0.5, 0.6) is 0 Å². The highest BCUT2D eigenvalue weighted by atomic mass is 35.5. The number of ether oxygens (including phenoxy) is 1. The molecule has 0 bridgehead atoms. The fraction of sp³-hybridized carbons (Fsp3) is 0.600. The van der Waals surface area contributed by atoms with Crippen molar-refractivity contribution < 1.29 is 4.74 Å². The molecule has 1 aromatic rings. The van der Waals surface area contributed by atoms with E-state index < -0.39 is 0 Å². The van der Waals surface area contributed by atoms with E-state index in [2.05, 4.69) is 21.8 Å². The zero-order valence-corrected chi connectivity index (χ0v) is 9.94. The van der Waals surface area contributed by atoms with Crippen molar-refractivity contribution in [2.24, 2.45) is 0 Å². The largest absolute Gasteiger partial charge is 0.375 e. The Labute approximate surface area is 99.6 Å². The van der Waals surface area contributed by atoms with E-state index in [1.165, 1.54) is 0 Å². The first kappa shape index (κ1) is 11.4. The molecule has 0 spiro atoms. The van der Waals surface area contributed by atoms with Crippen LogP contribution in [0.2, 0.25) is 5.15 Å². The summed E-state index contributed by atoms with van der Waals surface area (Å²) in [6.07, 6.45) is 1.24. The summed E-state index contributed by atoms with van der Waals surface area (Å²) in [6.45, 7) is 4.45. The number of morpholine rings is 1. The third kappa shape index (κ3) is 2.54. The number of hydrogen-bond acceptors (Lipinski definition) is 5. The van der Waals surface area contributed by atoms with Crippen molar-refractivity contribution in [2.75, 3.05) is 30.3 Å². The molecule has 2 heterocycles. The van der Waals surface area contributed by atoms with Crippen molar-refractivity contribution in [1.82, 2.24) is 9.97 Å². The molecule has 1 saturated heterocycles. The van der Waals surface area contributed by atoms with E-state index in [4.69, 9.17) is 22.1 Å². The fourth-order valence-corrected chi connectivity index (χ4v) is 1.94. The first-order chi connectivity index (χ1) is 7.69. The van der Waals surface area contributed by atoms with Gasteiger partial charge in [-0.05, 0) is 6.42 Å². The minimum atomic E-state index is 0.210. The molecule has 5 nitrogen and oxygen atoms in total. The average Bonchev–Trinajstić information content (AvgIpc) is 2.28. The van der Waals surface area contributed by atoms with Gasteiger partial charge in [0.25, 0.3) is 0 Å². The number of hydrogen-bond donors (Lipinski definition) is 1. The van der Waals surface area contributed by atoms with E-state index in [-0.39, 0.29) is 12.1 Å². The van der Waals surface area contributed by atoms with Gasteiger partial charge < -0.3 is 15.4 Å². The van der Waals surface area contributed by atoms with Crippen LogP contribution in [0.1, 0.15) is 13.3 Å². The minimum absolute atomic E-state index is 0.210. The Kier molecular flexibility index (Phi) is 3.46. The molecule has 0 unspecified atom stereocenters. The summed E-state index contributed by atoms with van der Waals surface area (Å²) in [5.41, 5.74) is 5.57. The van der Waals surface area contributed by atoms with E-state index in [0.29, 0.717) is 11.8 Å². The van der Waals surface area contributed by atoms with Crippen LogP contribution >= 0.6 is 11.6 Å². The summed E-state index contributed by atoms with van der Waals surface area (Å²) < 4.78 is 5.59. The van der Waals surface area contributed by atoms with E-state index >= 15 is 0 Å². The molecule has 0 aliphatic carbocycles. The van der Waals surface area contributed by atoms with Gasteiger partial charge in [-0.15, -0.1) is 0 Å². The lowest BCUT2D eigenvalue weighted by molar-refractivity contribution is 0.0382. The summed E-state index contributed by atoms with van der Waals surface area (Å²) in [4.78, 5) is 10.1. The van der Waals surface area contributed by atoms with Crippen molar-refractivity contribution in [3.8, 4) is 0 Å². The highest BCUT2D eigenvalue weighted by molar-refractivity contribution is 6.29. The number of rotatable bonds is 2. The number of halogens is 1. The van der Waals surface area contributed by atoms with Crippen LogP contribution in [-0.2, 0) is 4.74 Å². The van der Waals surface area contributed by atoms with E-state index in [1.807, 2.05) is 0 Å². The smallest absolute Gasteiger partial charge is 0.223 e. The molecule has 6 heteroatoms. The Morgan fingerprint density at radius 2 is 2.44 bits per heavy atom. The lowest BCUT2D eigenvalue weighted by atomic mass is 10.2. The molecule has 16 heavy (non-hydrogen) atoms. The van der Waals surface area contributed by atoms with Gasteiger partial charge in [-0.1, -0.05) is 18.5 Å². The zero-order chi connectivity index (χ0) is 11.5. The molecule has 0 aromatic carbocycles. The van der Waals surface area contributed by atoms with Crippen LogP contribution in [0, 0.1) is 0 Å². The number of nitrogens with zero attached hydrogens (tertiary/aromatic N) is 3. The summed E-state index contributed by atoms with van der Waals surface area (Å²) in [5, 5.41) is 0.377.